The maximum atomic E-state index is 11.8. The number of amides is 1. The van der Waals surface area contributed by atoms with E-state index in [1.165, 1.54) is 18.3 Å². The number of carboxylic acid groups (broad SMARTS) is 1. The number of nitrogens with two attached hydrogens (primary N) is 1. The third-order valence-electron chi connectivity index (χ3n) is 2.71. The molecule has 0 spiro atoms. The Kier molecular flexibility index (Phi) is 4.25. The average Bonchev–Trinajstić information content (AvgIpc) is 2.80. The van der Waals surface area contributed by atoms with Crippen LogP contribution in [-0.2, 0) is 9.59 Å². The summed E-state index contributed by atoms with van der Waals surface area (Å²) in [6.07, 6.45) is 0.297. The summed E-state index contributed by atoms with van der Waals surface area (Å²) in [5, 5.41) is 13.3. The van der Waals surface area contributed by atoms with Crippen LogP contribution in [-0.4, -0.2) is 22.5 Å². The Hall–Kier alpha value is -1.40. The van der Waals surface area contributed by atoms with Crippen molar-refractivity contribution in [1.29, 1.82) is 0 Å². The maximum Gasteiger partial charge on any atom is 0.329 e. The van der Waals surface area contributed by atoms with E-state index < -0.39 is 23.5 Å². The van der Waals surface area contributed by atoms with E-state index in [0.29, 0.717) is 11.3 Å². The molecule has 6 heteroatoms. The number of nitrogens with one attached hydrogen (secondary N) is 1. The molecular weight excluding hydrogens is 240 g/mol. The highest BCUT2D eigenvalue weighted by molar-refractivity contribution is 7.10. The quantitative estimate of drug-likeness (QED) is 0.736. The van der Waals surface area contributed by atoms with Crippen molar-refractivity contribution in [3.05, 3.63) is 22.4 Å². The van der Waals surface area contributed by atoms with Gasteiger partial charge in [-0.15, -0.1) is 11.3 Å². The number of hydrogen-bond donors (Lipinski definition) is 3. The van der Waals surface area contributed by atoms with Gasteiger partial charge in [0.1, 0.15) is 11.6 Å². The lowest BCUT2D eigenvalue weighted by atomic mass is 9.98. The van der Waals surface area contributed by atoms with Crippen LogP contribution < -0.4 is 11.1 Å². The first-order valence-corrected chi connectivity index (χ1v) is 6.13. The molecule has 0 saturated heterocycles. The normalized spacial score (nSPS) is 15.9. The van der Waals surface area contributed by atoms with Gasteiger partial charge in [0.15, 0.2) is 0 Å². The highest BCUT2D eigenvalue weighted by atomic mass is 32.1. The molecule has 0 saturated carbocycles. The molecule has 0 aromatic carbocycles. The van der Waals surface area contributed by atoms with Gasteiger partial charge in [-0.05, 0) is 24.8 Å². The number of carbonyl (C=O) groups is 2. The number of carboxylic acids is 1. The van der Waals surface area contributed by atoms with E-state index in [4.69, 9.17) is 10.8 Å². The molecule has 4 N–H and O–H groups in total. The van der Waals surface area contributed by atoms with E-state index in [0.717, 1.165) is 0 Å². The molecule has 0 aliphatic rings. The summed E-state index contributed by atoms with van der Waals surface area (Å²) in [5.74, 6) is -1.54. The van der Waals surface area contributed by atoms with Crippen LogP contribution in [0.25, 0.3) is 0 Å². The third-order valence-corrected chi connectivity index (χ3v) is 3.67. The van der Waals surface area contributed by atoms with Crippen LogP contribution in [0, 0.1) is 0 Å². The predicted molar refractivity (Wildman–Crippen MR) is 65.7 cm³/mol. The Morgan fingerprint density at radius 1 is 1.65 bits per heavy atom. The minimum Gasteiger partial charge on any atom is -0.480 e. The molecule has 0 bridgehead atoms. The highest BCUT2D eigenvalue weighted by Crippen LogP contribution is 2.18. The summed E-state index contributed by atoms with van der Waals surface area (Å²) in [6.45, 7) is 3.17. The van der Waals surface area contributed by atoms with Crippen LogP contribution in [0.5, 0.6) is 0 Å². The SMILES string of the molecule is CCC(C)(NC(=O)C(N)c1cccs1)C(=O)O. The molecule has 0 aliphatic carbocycles. The van der Waals surface area contributed by atoms with Crippen molar-refractivity contribution in [3.63, 3.8) is 0 Å². The summed E-state index contributed by atoms with van der Waals surface area (Å²) in [5.41, 5.74) is 4.48. The van der Waals surface area contributed by atoms with E-state index in [1.807, 2.05) is 5.38 Å². The monoisotopic (exact) mass is 256 g/mol. The van der Waals surface area contributed by atoms with Gasteiger partial charge >= 0.3 is 5.97 Å². The van der Waals surface area contributed by atoms with Gasteiger partial charge in [-0.2, -0.15) is 0 Å². The molecule has 17 heavy (non-hydrogen) atoms. The maximum absolute atomic E-state index is 11.8. The molecule has 1 rings (SSSR count). The average molecular weight is 256 g/mol. The number of thiophene rings is 1. The van der Waals surface area contributed by atoms with Crippen LogP contribution in [0.1, 0.15) is 31.2 Å². The predicted octanol–water partition coefficient (Wildman–Crippen LogP) is 1.12. The van der Waals surface area contributed by atoms with Crippen molar-refractivity contribution in [1.82, 2.24) is 5.32 Å². The molecule has 0 aliphatic heterocycles. The van der Waals surface area contributed by atoms with Gasteiger partial charge in [-0.3, -0.25) is 4.79 Å². The molecule has 5 nitrogen and oxygen atoms in total. The van der Waals surface area contributed by atoms with Crippen LogP contribution in [0.3, 0.4) is 0 Å². The van der Waals surface area contributed by atoms with Crippen molar-refractivity contribution in [2.24, 2.45) is 5.73 Å². The van der Waals surface area contributed by atoms with E-state index >= 15 is 0 Å². The van der Waals surface area contributed by atoms with Crippen molar-refractivity contribution in [2.45, 2.75) is 31.8 Å². The topological polar surface area (TPSA) is 92.4 Å². The smallest absolute Gasteiger partial charge is 0.329 e. The number of hydrogen-bond acceptors (Lipinski definition) is 4. The van der Waals surface area contributed by atoms with Gasteiger partial charge in [-0.25, -0.2) is 4.79 Å². The van der Waals surface area contributed by atoms with Crippen LogP contribution >= 0.6 is 11.3 Å². The molecule has 94 valence electrons. The molecule has 2 unspecified atom stereocenters. The van der Waals surface area contributed by atoms with E-state index in [-0.39, 0.29) is 0 Å². The van der Waals surface area contributed by atoms with E-state index in [2.05, 4.69) is 5.32 Å². The first kappa shape index (κ1) is 13.7. The lowest BCUT2D eigenvalue weighted by Crippen LogP contribution is -2.53. The Bertz CT molecular complexity index is 405. The molecule has 0 radical (unpaired) electrons. The number of rotatable bonds is 5. The lowest BCUT2D eigenvalue weighted by molar-refractivity contribution is -0.147. The zero-order valence-electron chi connectivity index (χ0n) is 9.77. The summed E-state index contributed by atoms with van der Waals surface area (Å²) in [6, 6.07) is 2.72. The van der Waals surface area contributed by atoms with Gasteiger partial charge in [0.05, 0.1) is 0 Å². The van der Waals surface area contributed by atoms with Gasteiger partial charge < -0.3 is 16.2 Å². The Morgan fingerprint density at radius 2 is 2.29 bits per heavy atom. The number of carbonyl (C=O) groups excluding carboxylic acids is 1. The first-order chi connectivity index (χ1) is 7.90. The zero-order chi connectivity index (χ0) is 13.1. The third kappa shape index (κ3) is 3.04. The first-order valence-electron chi connectivity index (χ1n) is 5.25. The molecular formula is C11H16N2O3S. The van der Waals surface area contributed by atoms with Crippen LogP contribution in [0.4, 0.5) is 0 Å². The molecule has 1 aromatic rings. The molecule has 1 heterocycles. The molecule has 1 amide bonds. The second-order valence-corrected chi connectivity index (χ2v) is 4.95. The largest absolute Gasteiger partial charge is 0.480 e. The zero-order valence-corrected chi connectivity index (χ0v) is 10.6. The standard InChI is InChI=1S/C11H16N2O3S/c1-3-11(2,10(15)16)13-9(14)8(12)7-5-4-6-17-7/h4-6,8H,3,12H2,1-2H3,(H,13,14)(H,15,16). The number of aliphatic carboxylic acids is 1. The van der Waals surface area contributed by atoms with E-state index in [1.54, 1.807) is 19.1 Å². The summed E-state index contributed by atoms with van der Waals surface area (Å²) in [4.78, 5) is 23.6. The molecule has 2 atom stereocenters. The second-order valence-electron chi connectivity index (χ2n) is 3.97. The fourth-order valence-corrected chi connectivity index (χ4v) is 1.97. The summed E-state index contributed by atoms with van der Waals surface area (Å²) in [7, 11) is 0. The Balaban J connectivity index is 2.75. The van der Waals surface area contributed by atoms with Gasteiger partial charge in [0.2, 0.25) is 5.91 Å². The van der Waals surface area contributed by atoms with Crippen molar-refractivity contribution in [3.8, 4) is 0 Å². The van der Waals surface area contributed by atoms with Gasteiger partial charge in [-0.1, -0.05) is 13.0 Å². The molecule has 1 aromatic heterocycles. The summed E-state index contributed by atoms with van der Waals surface area (Å²) >= 11 is 1.37. The minimum absolute atomic E-state index is 0.297. The lowest BCUT2D eigenvalue weighted by Gasteiger charge is -2.26. The Morgan fingerprint density at radius 3 is 2.71 bits per heavy atom. The second kappa shape index (κ2) is 5.29. The van der Waals surface area contributed by atoms with Gasteiger partial charge in [0, 0.05) is 4.88 Å². The minimum atomic E-state index is -1.27. The fourth-order valence-electron chi connectivity index (χ4n) is 1.24. The van der Waals surface area contributed by atoms with Gasteiger partial charge in [0.25, 0.3) is 0 Å². The Labute approximate surface area is 104 Å². The highest BCUT2D eigenvalue weighted by Gasteiger charge is 2.34. The molecule has 0 fully saturated rings. The van der Waals surface area contributed by atoms with Crippen LogP contribution in [0.15, 0.2) is 17.5 Å². The van der Waals surface area contributed by atoms with Crippen molar-refractivity contribution < 1.29 is 14.7 Å². The summed E-state index contributed by atoms with van der Waals surface area (Å²) < 4.78 is 0. The van der Waals surface area contributed by atoms with Crippen LogP contribution in [0.2, 0.25) is 0 Å². The van der Waals surface area contributed by atoms with Crippen molar-refractivity contribution >= 4 is 23.2 Å². The van der Waals surface area contributed by atoms with E-state index in [9.17, 15) is 9.59 Å². The fraction of sp³-hybridized carbons (Fsp3) is 0.455. The van der Waals surface area contributed by atoms with Crippen molar-refractivity contribution in [2.75, 3.05) is 0 Å².